The van der Waals surface area contributed by atoms with Crippen molar-refractivity contribution in [2.24, 2.45) is 10.9 Å². The fourth-order valence-corrected chi connectivity index (χ4v) is 3.28. The van der Waals surface area contributed by atoms with Gasteiger partial charge in [-0.15, -0.1) is 0 Å². The highest BCUT2D eigenvalue weighted by molar-refractivity contribution is 5.79. The zero-order valence-electron chi connectivity index (χ0n) is 16.6. The van der Waals surface area contributed by atoms with Crippen LogP contribution in [-0.2, 0) is 11.3 Å². The van der Waals surface area contributed by atoms with Crippen LogP contribution in [0, 0.1) is 5.92 Å². The number of nitrogens with zero attached hydrogens (tertiary/aromatic N) is 1. The number of guanidine groups is 1. The topological polar surface area (TPSA) is 64.1 Å². The summed E-state index contributed by atoms with van der Waals surface area (Å²) in [5, 5.41) is 6.66. The first-order chi connectivity index (χ1) is 13.3. The molecule has 1 aromatic carbocycles. The highest BCUT2D eigenvalue weighted by Gasteiger charge is 2.21. The molecule has 3 rings (SSSR count). The Balaban J connectivity index is 1.48. The number of hydrogen-bond donors (Lipinski definition) is 2. The third kappa shape index (κ3) is 6.61. The molecule has 0 amide bonds. The molecule has 0 atom stereocenters. The van der Waals surface area contributed by atoms with Gasteiger partial charge in [-0.2, -0.15) is 0 Å². The van der Waals surface area contributed by atoms with Crippen LogP contribution in [0.1, 0.15) is 44.1 Å². The number of aliphatic imine (C=N–C) groups is 1. The van der Waals surface area contributed by atoms with Gasteiger partial charge in [0.15, 0.2) is 5.96 Å². The number of hydrogen-bond acceptors (Lipinski definition) is 4. The molecule has 150 valence electrons. The smallest absolute Gasteiger partial charge is 0.191 e. The summed E-state index contributed by atoms with van der Waals surface area (Å²) in [5.74, 6) is 3.29. The Kier molecular flexibility index (Phi) is 7.63. The van der Waals surface area contributed by atoms with Crippen LogP contribution in [0.15, 0.2) is 23.2 Å². The normalized spacial score (nSPS) is 17.8. The first kappa shape index (κ1) is 19.8. The summed E-state index contributed by atoms with van der Waals surface area (Å²) in [6, 6.07) is 6.01. The number of nitrogens with one attached hydrogen (secondary N) is 2. The van der Waals surface area contributed by atoms with E-state index in [1.54, 1.807) is 14.2 Å². The highest BCUT2D eigenvalue weighted by Crippen LogP contribution is 2.30. The maximum Gasteiger partial charge on any atom is 0.191 e. The predicted molar refractivity (Wildman–Crippen MR) is 108 cm³/mol. The van der Waals surface area contributed by atoms with Crippen molar-refractivity contribution in [3.63, 3.8) is 0 Å². The van der Waals surface area contributed by atoms with Gasteiger partial charge < -0.3 is 24.8 Å². The molecule has 2 aliphatic carbocycles. The molecule has 0 heterocycles. The first-order valence-electron chi connectivity index (χ1n) is 10.1. The molecule has 0 radical (unpaired) electrons. The highest BCUT2D eigenvalue weighted by atomic mass is 16.5. The van der Waals surface area contributed by atoms with Gasteiger partial charge in [0.2, 0.25) is 0 Å². The molecule has 2 fully saturated rings. The molecule has 6 nitrogen and oxygen atoms in total. The standard InChI is InChI=1S/C21H33N3O3/c1-22-21(23-11-12-26-15-16-7-8-16)24-14-17-9-10-19(25-2)13-20(17)27-18-5-3-4-6-18/h9-10,13,16,18H,3-8,11-12,14-15H2,1-2H3,(H2,22,23,24). The molecule has 0 saturated heterocycles. The SMILES string of the molecule is CN=C(NCCOCC1CC1)NCc1ccc(OC)cc1OC1CCCC1. The lowest BCUT2D eigenvalue weighted by Crippen LogP contribution is -2.38. The van der Waals surface area contributed by atoms with Crippen molar-refractivity contribution in [2.45, 2.75) is 51.2 Å². The Morgan fingerprint density at radius 1 is 1.15 bits per heavy atom. The van der Waals surface area contributed by atoms with Crippen LogP contribution in [0.4, 0.5) is 0 Å². The Labute approximate surface area is 162 Å². The van der Waals surface area contributed by atoms with E-state index in [0.717, 1.165) is 54.9 Å². The van der Waals surface area contributed by atoms with Gasteiger partial charge in [0.05, 0.1) is 19.8 Å². The first-order valence-corrected chi connectivity index (χ1v) is 10.1. The Morgan fingerprint density at radius 2 is 1.96 bits per heavy atom. The van der Waals surface area contributed by atoms with E-state index >= 15 is 0 Å². The molecule has 6 heteroatoms. The van der Waals surface area contributed by atoms with Crippen molar-refractivity contribution in [3.05, 3.63) is 23.8 Å². The molecule has 0 aliphatic heterocycles. The largest absolute Gasteiger partial charge is 0.497 e. The molecule has 0 aromatic heterocycles. The Hall–Kier alpha value is -1.95. The molecule has 1 aromatic rings. The second-order valence-electron chi connectivity index (χ2n) is 7.37. The minimum absolute atomic E-state index is 0.317. The van der Waals surface area contributed by atoms with E-state index in [1.165, 1.54) is 25.7 Å². The third-order valence-corrected chi connectivity index (χ3v) is 5.13. The fraction of sp³-hybridized carbons (Fsp3) is 0.667. The van der Waals surface area contributed by atoms with Crippen molar-refractivity contribution in [1.82, 2.24) is 10.6 Å². The summed E-state index contributed by atoms with van der Waals surface area (Å²) in [6.07, 6.45) is 7.73. The van der Waals surface area contributed by atoms with E-state index in [0.29, 0.717) is 19.3 Å². The van der Waals surface area contributed by atoms with E-state index in [4.69, 9.17) is 14.2 Å². The maximum atomic E-state index is 6.26. The van der Waals surface area contributed by atoms with Crippen molar-refractivity contribution in [1.29, 1.82) is 0 Å². The second-order valence-corrected chi connectivity index (χ2v) is 7.37. The van der Waals surface area contributed by atoms with E-state index in [2.05, 4.69) is 21.7 Å². The van der Waals surface area contributed by atoms with Crippen molar-refractivity contribution in [2.75, 3.05) is 33.9 Å². The quantitative estimate of drug-likeness (QED) is 0.374. The average Bonchev–Trinajstić information content (AvgIpc) is 3.38. The molecule has 2 saturated carbocycles. The fourth-order valence-electron chi connectivity index (χ4n) is 3.28. The van der Waals surface area contributed by atoms with Gasteiger partial charge in [0.25, 0.3) is 0 Å². The molecular weight excluding hydrogens is 342 g/mol. The van der Waals surface area contributed by atoms with E-state index < -0.39 is 0 Å². The second kappa shape index (κ2) is 10.4. The van der Waals surface area contributed by atoms with Crippen LogP contribution in [-0.4, -0.2) is 46.0 Å². The Bertz CT molecular complexity index is 611. The van der Waals surface area contributed by atoms with Crippen LogP contribution >= 0.6 is 0 Å². The average molecular weight is 376 g/mol. The van der Waals surface area contributed by atoms with E-state index in [1.807, 2.05) is 12.1 Å². The van der Waals surface area contributed by atoms with Crippen LogP contribution in [0.25, 0.3) is 0 Å². The lowest BCUT2D eigenvalue weighted by Gasteiger charge is -2.19. The summed E-state index contributed by atoms with van der Waals surface area (Å²) in [6.45, 7) is 2.99. The Morgan fingerprint density at radius 3 is 2.67 bits per heavy atom. The summed E-state index contributed by atoms with van der Waals surface area (Å²) in [4.78, 5) is 4.29. The monoisotopic (exact) mass is 375 g/mol. The zero-order chi connectivity index (χ0) is 18.9. The number of methoxy groups -OCH3 is 1. The number of rotatable bonds is 10. The lowest BCUT2D eigenvalue weighted by molar-refractivity contribution is 0.129. The lowest BCUT2D eigenvalue weighted by atomic mass is 10.2. The zero-order valence-corrected chi connectivity index (χ0v) is 16.6. The van der Waals surface area contributed by atoms with Gasteiger partial charge in [-0.3, -0.25) is 4.99 Å². The molecular formula is C21H33N3O3. The van der Waals surface area contributed by atoms with Gasteiger partial charge in [0.1, 0.15) is 11.5 Å². The molecule has 2 N–H and O–H groups in total. The summed E-state index contributed by atoms with van der Waals surface area (Å²) >= 11 is 0. The molecule has 0 spiro atoms. The molecule has 0 bridgehead atoms. The molecule has 2 aliphatic rings. The van der Waals surface area contributed by atoms with Gasteiger partial charge >= 0.3 is 0 Å². The van der Waals surface area contributed by atoms with E-state index in [-0.39, 0.29) is 0 Å². The minimum atomic E-state index is 0.317. The molecule has 27 heavy (non-hydrogen) atoms. The maximum absolute atomic E-state index is 6.26. The van der Waals surface area contributed by atoms with Crippen molar-refractivity contribution < 1.29 is 14.2 Å². The number of benzene rings is 1. The van der Waals surface area contributed by atoms with Gasteiger partial charge in [-0.25, -0.2) is 0 Å². The third-order valence-electron chi connectivity index (χ3n) is 5.13. The summed E-state index contributed by atoms with van der Waals surface area (Å²) in [5.41, 5.74) is 1.11. The van der Waals surface area contributed by atoms with Gasteiger partial charge in [0, 0.05) is 38.4 Å². The predicted octanol–water partition coefficient (Wildman–Crippen LogP) is 3.11. The molecule has 0 unspecified atom stereocenters. The summed E-state index contributed by atoms with van der Waals surface area (Å²) < 4.78 is 17.3. The van der Waals surface area contributed by atoms with E-state index in [9.17, 15) is 0 Å². The van der Waals surface area contributed by atoms with Crippen LogP contribution in [0.5, 0.6) is 11.5 Å². The van der Waals surface area contributed by atoms with Gasteiger partial charge in [-0.05, 0) is 56.6 Å². The van der Waals surface area contributed by atoms with Crippen LogP contribution in [0.3, 0.4) is 0 Å². The van der Waals surface area contributed by atoms with Gasteiger partial charge in [-0.1, -0.05) is 0 Å². The van der Waals surface area contributed by atoms with Crippen molar-refractivity contribution >= 4 is 5.96 Å². The van der Waals surface area contributed by atoms with Crippen LogP contribution < -0.4 is 20.1 Å². The summed E-state index contributed by atoms with van der Waals surface area (Å²) in [7, 11) is 3.47. The van der Waals surface area contributed by atoms with Crippen LogP contribution in [0.2, 0.25) is 0 Å². The van der Waals surface area contributed by atoms with Crippen molar-refractivity contribution in [3.8, 4) is 11.5 Å². The minimum Gasteiger partial charge on any atom is -0.497 e. The number of ether oxygens (including phenoxy) is 3.